The van der Waals surface area contributed by atoms with Crippen LogP contribution in [-0.4, -0.2) is 38.0 Å². The van der Waals surface area contributed by atoms with Crippen molar-refractivity contribution in [2.45, 2.75) is 36.4 Å². The number of fused-ring (bicyclic) bond motifs is 1. The molecular weight excluding hydrogens is 190 g/mol. The molecule has 0 aliphatic carbocycles. The van der Waals surface area contributed by atoms with Crippen LogP contribution >= 0.6 is 11.8 Å². The average Bonchev–Trinajstić information content (AvgIpc) is 2.21. The number of carboxylic acid groups (broad SMARTS) is 1. The van der Waals surface area contributed by atoms with Gasteiger partial charge < -0.3 is 10.0 Å². The first-order chi connectivity index (χ1) is 5.98. The Balaban J connectivity index is 2.35. The van der Waals surface area contributed by atoms with E-state index in [-0.39, 0.29) is 16.5 Å². The maximum Gasteiger partial charge on any atom is 0.330 e. The molecule has 5 heteroatoms. The first-order valence-electron chi connectivity index (χ1n) is 4.19. The number of amides is 1. The number of hydrogen-bond donors (Lipinski definition) is 1. The minimum Gasteiger partial charge on any atom is -0.479 e. The molecule has 2 aliphatic rings. The van der Waals surface area contributed by atoms with Crippen LogP contribution in [0, 0.1) is 0 Å². The number of carbonyl (C=O) groups is 2. The molecule has 0 aromatic heterocycles. The molecular formula is C8H11NO3S. The third-order valence-corrected chi connectivity index (χ3v) is 4.55. The smallest absolute Gasteiger partial charge is 0.330 e. The van der Waals surface area contributed by atoms with Crippen molar-refractivity contribution in [2.24, 2.45) is 0 Å². The van der Waals surface area contributed by atoms with E-state index in [0.29, 0.717) is 6.42 Å². The Morgan fingerprint density at radius 2 is 2.38 bits per heavy atom. The van der Waals surface area contributed by atoms with Crippen molar-refractivity contribution in [3.05, 3.63) is 0 Å². The minimum absolute atomic E-state index is 0.0264. The number of hydrogen-bond acceptors (Lipinski definition) is 3. The summed E-state index contributed by atoms with van der Waals surface area (Å²) in [6, 6.07) is 0. The predicted molar refractivity (Wildman–Crippen MR) is 48.3 cm³/mol. The summed E-state index contributed by atoms with van der Waals surface area (Å²) >= 11 is 1.58. The Labute approximate surface area is 80.3 Å². The maximum atomic E-state index is 11.2. The molecule has 3 unspecified atom stereocenters. The van der Waals surface area contributed by atoms with Gasteiger partial charge in [-0.1, -0.05) is 6.92 Å². The van der Waals surface area contributed by atoms with E-state index in [1.54, 1.807) is 18.7 Å². The van der Waals surface area contributed by atoms with Crippen molar-refractivity contribution in [3.8, 4) is 0 Å². The number of carbonyl (C=O) groups excluding carboxylic acids is 1. The van der Waals surface area contributed by atoms with Gasteiger partial charge in [0.1, 0.15) is 5.54 Å². The lowest BCUT2D eigenvalue weighted by Crippen LogP contribution is -2.62. The van der Waals surface area contributed by atoms with Crippen molar-refractivity contribution in [1.29, 1.82) is 0 Å². The number of carboxylic acids is 1. The summed E-state index contributed by atoms with van der Waals surface area (Å²) in [6.07, 6.45) is 0.498. The number of aliphatic carboxylic acids is 1. The fourth-order valence-corrected chi connectivity index (χ4v) is 3.54. The van der Waals surface area contributed by atoms with E-state index in [4.69, 9.17) is 5.11 Å². The molecule has 2 aliphatic heterocycles. The first kappa shape index (κ1) is 8.87. The summed E-state index contributed by atoms with van der Waals surface area (Å²) < 4.78 is 0. The van der Waals surface area contributed by atoms with Gasteiger partial charge in [0.05, 0.1) is 11.8 Å². The van der Waals surface area contributed by atoms with Gasteiger partial charge in [0.15, 0.2) is 0 Å². The summed E-state index contributed by atoms with van der Waals surface area (Å²) in [7, 11) is 0. The standard InChI is InChI=1S/C8H11NO3S/c1-4-8(2,7(11)12)9-5(10)3-6(9)13-4/h4,6H,3H2,1-2H3,(H,11,12). The molecule has 1 N–H and O–H groups in total. The van der Waals surface area contributed by atoms with Crippen LogP contribution < -0.4 is 0 Å². The van der Waals surface area contributed by atoms with Gasteiger partial charge in [-0.15, -0.1) is 11.8 Å². The first-order valence-corrected chi connectivity index (χ1v) is 5.13. The molecule has 3 atom stereocenters. The van der Waals surface area contributed by atoms with E-state index in [1.807, 2.05) is 6.92 Å². The minimum atomic E-state index is -0.995. The molecule has 0 bridgehead atoms. The fourth-order valence-electron chi connectivity index (χ4n) is 1.90. The Morgan fingerprint density at radius 1 is 1.77 bits per heavy atom. The molecule has 2 rings (SSSR count). The van der Waals surface area contributed by atoms with Gasteiger partial charge in [-0.25, -0.2) is 4.79 Å². The highest BCUT2D eigenvalue weighted by molar-refractivity contribution is 8.01. The molecule has 0 spiro atoms. The summed E-state index contributed by atoms with van der Waals surface area (Å²) in [5.41, 5.74) is -0.995. The van der Waals surface area contributed by atoms with E-state index in [2.05, 4.69) is 0 Å². The molecule has 0 saturated carbocycles. The van der Waals surface area contributed by atoms with Crippen LogP contribution in [-0.2, 0) is 9.59 Å². The average molecular weight is 201 g/mol. The van der Waals surface area contributed by atoms with E-state index < -0.39 is 11.5 Å². The van der Waals surface area contributed by atoms with Gasteiger partial charge in [-0.05, 0) is 6.92 Å². The van der Waals surface area contributed by atoms with E-state index in [0.717, 1.165) is 0 Å². The largest absolute Gasteiger partial charge is 0.479 e. The van der Waals surface area contributed by atoms with Crippen LogP contribution in [0.25, 0.3) is 0 Å². The van der Waals surface area contributed by atoms with Crippen LogP contribution in [0.1, 0.15) is 20.3 Å². The van der Waals surface area contributed by atoms with Crippen molar-refractivity contribution in [1.82, 2.24) is 4.90 Å². The number of nitrogens with zero attached hydrogens (tertiary/aromatic N) is 1. The molecule has 13 heavy (non-hydrogen) atoms. The lowest BCUT2D eigenvalue weighted by molar-refractivity contribution is -0.164. The van der Waals surface area contributed by atoms with Crippen LogP contribution in [0.3, 0.4) is 0 Å². The van der Waals surface area contributed by atoms with E-state index in [1.165, 1.54) is 4.90 Å². The van der Waals surface area contributed by atoms with Crippen molar-refractivity contribution in [2.75, 3.05) is 0 Å². The van der Waals surface area contributed by atoms with Crippen molar-refractivity contribution in [3.63, 3.8) is 0 Å². The van der Waals surface area contributed by atoms with E-state index in [9.17, 15) is 9.59 Å². The highest BCUT2D eigenvalue weighted by atomic mass is 32.2. The molecule has 0 aromatic rings. The Kier molecular flexibility index (Phi) is 1.64. The molecule has 1 amide bonds. The Morgan fingerprint density at radius 3 is 2.77 bits per heavy atom. The monoisotopic (exact) mass is 201 g/mol. The summed E-state index contributed by atoms with van der Waals surface area (Å²) in [6.45, 7) is 3.49. The lowest BCUT2D eigenvalue weighted by atomic mass is 9.92. The second-order valence-electron chi connectivity index (χ2n) is 3.65. The zero-order valence-corrected chi connectivity index (χ0v) is 8.30. The highest BCUT2D eigenvalue weighted by Gasteiger charge is 2.61. The van der Waals surface area contributed by atoms with Crippen molar-refractivity contribution < 1.29 is 14.7 Å². The van der Waals surface area contributed by atoms with Crippen LogP contribution in [0.2, 0.25) is 0 Å². The van der Waals surface area contributed by atoms with Gasteiger partial charge in [0.25, 0.3) is 0 Å². The molecule has 4 nitrogen and oxygen atoms in total. The zero-order chi connectivity index (χ0) is 9.80. The fraction of sp³-hybridized carbons (Fsp3) is 0.750. The number of rotatable bonds is 1. The topological polar surface area (TPSA) is 57.6 Å². The zero-order valence-electron chi connectivity index (χ0n) is 7.48. The molecule has 2 heterocycles. The molecule has 2 saturated heterocycles. The van der Waals surface area contributed by atoms with Gasteiger partial charge in [0, 0.05) is 5.25 Å². The molecule has 2 fully saturated rings. The summed E-state index contributed by atoms with van der Waals surface area (Å²) in [5, 5.41) is 9.15. The Hall–Kier alpha value is -0.710. The second-order valence-corrected chi connectivity index (χ2v) is 5.18. The van der Waals surface area contributed by atoms with Gasteiger partial charge >= 0.3 is 5.97 Å². The normalized spacial score (nSPS) is 42.9. The van der Waals surface area contributed by atoms with Crippen molar-refractivity contribution >= 4 is 23.6 Å². The SMILES string of the molecule is CC1SC2CC(=O)N2C1(C)C(=O)O. The van der Waals surface area contributed by atoms with Crippen LogP contribution in [0.15, 0.2) is 0 Å². The van der Waals surface area contributed by atoms with Gasteiger partial charge in [0.2, 0.25) is 5.91 Å². The molecule has 0 radical (unpaired) electrons. The lowest BCUT2D eigenvalue weighted by Gasteiger charge is -2.42. The highest BCUT2D eigenvalue weighted by Crippen LogP contribution is 2.49. The summed E-state index contributed by atoms with van der Waals surface area (Å²) in [5.74, 6) is -0.935. The maximum absolute atomic E-state index is 11.2. The van der Waals surface area contributed by atoms with Gasteiger partial charge in [-0.2, -0.15) is 0 Å². The molecule has 0 aromatic carbocycles. The van der Waals surface area contributed by atoms with Gasteiger partial charge in [-0.3, -0.25) is 4.79 Å². The molecule has 72 valence electrons. The van der Waals surface area contributed by atoms with E-state index >= 15 is 0 Å². The predicted octanol–water partition coefficient (Wildman–Crippen LogP) is 0.523. The number of β-lactam (4-membered cyclic amide) rings is 1. The quantitative estimate of drug-likeness (QED) is 0.628. The van der Waals surface area contributed by atoms with Crippen LogP contribution in [0.4, 0.5) is 0 Å². The second kappa shape index (κ2) is 2.41. The Bertz CT molecular complexity index is 293. The van der Waals surface area contributed by atoms with Crippen LogP contribution in [0.5, 0.6) is 0 Å². The third kappa shape index (κ3) is 0.879. The number of thioether (sulfide) groups is 1. The summed E-state index contributed by atoms with van der Waals surface area (Å²) in [4.78, 5) is 23.8. The third-order valence-electron chi connectivity index (χ3n) is 2.99.